The van der Waals surface area contributed by atoms with Gasteiger partial charge in [-0.3, -0.25) is 0 Å². The van der Waals surface area contributed by atoms with Gasteiger partial charge in [-0.25, -0.2) is 0 Å². The number of hydrogen-bond acceptors (Lipinski definition) is 2. The predicted molar refractivity (Wildman–Crippen MR) is 68.2 cm³/mol. The van der Waals surface area contributed by atoms with Gasteiger partial charge in [0.1, 0.15) is 12.8 Å². The number of rotatable bonds is 4. The zero-order valence-corrected chi connectivity index (χ0v) is 10.2. The molecular formula is C14H18NO. The van der Waals surface area contributed by atoms with E-state index in [9.17, 15) is 0 Å². The van der Waals surface area contributed by atoms with Crippen LogP contribution in [0.1, 0.15) is 31.9 Å². The Kier molecular flexibility index (Phi) is 4.29. The van der Waals surface area contributed by atoms with E-state index >= 15 is 0 Å². The largest absolute Gasteiger partial charge is 0.391 e. The summed E-state index contributed by atoms with van der Waals surface area (Å²) in [5.74, 6) is 0. The van der Waals surface area contributed by atoms with Crippen LogP contribution in [0.3, 0.4) is 0 Å². The summed E-state index contributed by atoms with van der Waals surface area (Å²) in [6.45, 7) is 10.3. The minimum absolute atomic E-state index is 0.0665. The smallest absolute Gasteiger partial charge is 0.142 e. The van der Waals surface area contributed by atoms with Crippen molar-refractivity contribution in [3.63, 3.8) is 0 Å². The van der Waals surface area contributed by atoms with E-state index in [1.165, 1.54) is 0 Å². The van der Waals surface area contributed by atoms with Gasteiger partial charge in [0.2, 0.25) is 0 Å². The molecule has 2 nitrogen and oxygen atoms in total. The fourth-order valence-corrected chi connectivity index (χ4v) is 1.09. The molecule has 0 N–H and O–H groups in total. The molecule has 1 radical (unpaired) electrons. The third-order valence-electron chi connectivity index (χ3n) is 1.86. The van der Waals surface area contributed by atoms with Gasteiger partial charge < -0.3 is 4.84 Å². The topological polar surface area (TPSA) is 21.6 Å². The van der Waals surface area contributed by atoms with Gasteiger partial charge in [0.25, 0.3) is 0 Å². The lowest BCUT2D eigenvalue weighted by molar-refractivity contribution is 0.129. The highest BCUT2D eigenvalue weighted by Gasteiger charge is 2.06. The van der Waals surface area contributed by atoms with Crippen LogP contribution < -0.4 is 0 Å². The van der Waals surface area contributed by atoms with E-state index < -0.39 is 0 Å². The third kappa shape index (κ3) is 4.78. The van der Waals surface area contributed by atoms with Crippen LogP contribution in [0.5, 0.6) is 0 Å². The van der Waals surface area contributed by atoms with Crippen molar-refractivity contribution in [2.45, 2.75) is 27.4 Å². The van der Waals surface area contributed by atoms with Crippen LogP contribution >= 0.6 is 0 Å². The molecule has 0 saturated heterocycles. The van der Waals surface area contributed by atoms with Gasteiger partial charge in [0.05, 0.1) is 0 Å². The number of benzene rings is 1. The Bertz CT molecular complexity index is 375. The molecule has 2 heteroatoms. The van der Waals surface area contributed by atoms with Crippen molar-refractivity contribution in [2.75, 3.05) is 0 Å². The van der Waals surface area contributed by atoms with Crippen molar-refractivity contribution in [1.29, 1.82) is 0 Å². The average Bonchev–Trinajstić information content (AvgIpc) is 2.23. The van der Waals surface area contributed by atoms with Crippen LogP contribution in [0.25, 0.3) is 6.08 Å². The van der Waals surface area contributed by atoms with E-state index in [2.05, 4.69) is 17.9 Å². The Hall–Kier alpha value is -1.57. The molecule has 1 aromatic carbocycles. The molecule has 0 aromatic heterocycles. The molecule has 0 heterocycles. The minimum Gasteiger partial charge on any atom is -0.391 e. The Balaban J connectivity index is 2.49. The first-order chi connectivity index (χ1) is 7.51. The lowest BCUT2D eigenvalue weighted by Crippen LogP contribution is -2.06. The second-order valence-corrected chi connectivity index (χ2v) is 4.68. The third-order valence-corrected chi connectivity index (χ3v) is 1.86. The first kappa shape index (κ1) is 12.5. The van der Waals surface area contributed by atoms with E-state index in [0.29, 0.717) is 6.61 Å². The Morgan fingerprint density at radius 3 is 2.81 bits per heavy atom. The summed E-state index contributed by atoms with van der Waals surface area (Å²) in [5.41, 5.74) is 2.10. The van der Waals surface area contributed by atoms with E-state index in [1.807, 2.05) is 51.1 Å². The maximum absolute atomic E-state index is 5.17. The Labute approximate surface area is 97.6 Å². The highest BCUT2D eigenvalue weighted by atomic mass is 16.6. The molecule has 0 fully saturated rings. The molecule has 0 aliphatic heterocycles. The molecule has 0 amide bonds. The maximum atomic E-state index is 5.17. The molecule has 1 aromatic rings. The lowest BCUT2D eigenvalue weighted by atomic mass is 10.00. The standard InChI is InChI=1S/C14H18NO/c1-5-12-7-6-8-13(9-12)10-16-15-11-14(2,3)4/h5-9H,1,10H2,2-4H3. The van der Waals surface area contributed by atoms with Gasteiger partial charge in [-0.1, -0.05) is 56.8 Å². The summed E-state index contributed by atoms with van der Waals surface area (Å²) < 4.78 is 0. The van der Waals surface area contributed by atoms with Crippen LogP contribution in [-0.4, -0.2) is 6.21 Å². The minimum atomic E-state index is -0.0665. The zero-order valence-electron chi connectivity index (χ0n) is 10.2. The molecule has 1 rings (SSSR count). The Morgan fingerprint density at radius 1 is 1.44 bits per heavy atom. The Morgan fingerprint density at radius 2 is 2.19 bits per heavy atom. The quantitative estimate of drug-likeness (QED) is 0.554. The molecule has 0 atom stereocenters. The monoisotopic (exact) mass is 216 g/mol. The second kappa shape index (κ2) is 5.50. The van der Waals surface area contributed by atoms with Gasteiger partial charge in [0, 0.05) is 5.41 Å². The first-order valence-electron chi connectivity index (χ1n) is 5.32. The fraction of sp³-hybridized carbons (Fsp3) is 0.357. The van der Waals surface area contributed by atoms with E-state index in [0.717, 1.165) is 11.1 Å². The van der Waals surface area contributed by atoms with Crippen LogP contribution in [0.4, 0.5) is 0 Å². The molecule has 85 valence electrons. The van der Waals surface area contributed by atoms with E-state index in [4.69, 9.17) is 4.84 Å². The first-order valence-corrected chi connectivity index (χ1v) is 5.32. The zero-order chi connectivity index (χ0) is 12.0. The van der Waals surface area contributed by atoms with Gasteiger partial charge in [0.15, 0.2) is 0 Å². The average molecular weight is 216 g/mol. The molecule has 0 aliphatic carbocycles. The van der Waals surface area contributed by atoms with Gasteiger partial charge >= 0.3 is 0 Å². The SMILES string of the molecule is C=Cc1cccc(CO/N=[C]\C(C)(C)C)c1. The summed E-state index contributed by atoms with van der Waals surface area (Å²) in [7, 11) is 0. The van der Waals surface area contributed by atoms with Crippen LogP contribution in [0.15, 0.2) is 36.0 Å². The fourth-order valence-electron chi connectivity index (χ4n) is 1.09. The van der Waals surface area contributed by atoms with Crippen molar-refractivity contribution in [3.8, 4) is 0 Å². The maximum Gasteiger partial charge on any atom is 0.142 e. The summed E-state index contributed by atoms with van der Waals surface area (Å²) >= 11 is 0. The molecule has 0 saturated carbocycles. The summed E-state index contributed by atoms with van der Waals surface area (Å²) in [6, 6.07) is 8.01. The number of hydrogen-bond donors (Lipinski definition) is 0. The molecule has 0 bridgehead atoms. The summed E-state index contributed by atoms with van der Waals surface area (Å²) in [6.07, 6.45) is 4.72. The van der Waals surface area contributed by atoms with Gasteiger partial charge in [-0.2, -0.15) is 0 Å². The highest BCUT2D eigenvalue weighted by molar-refractivity contribution is 5.63. The van der Waals surface area contributed by atoms with Crippen molar-refractivity contribution < 1.29 is 4.84 Å². The molecule has 0 aliphatic rings. The van der Waals surface area contributed by atoms with Crippen molar-refractivity contribution >= 4 is 12.3 Å². The summed E-state index contributed by atoms with van der Waals surface area (Å²) in [4.78, 5) is 5.17. The number of nitrogens with zero attached hydrogens (tertiary/aromatic N) is 1. The normalized spacial score (nSPS) is 11.7. The van der Waals surface area contributed by atoms with E-state index in [-0.39, 0.29) is 5.41 Å². The predicted octanol–water partition coefficient (Wildman–Crippen LogP) is 3.76. The highest BCUT2D eigenvalue weighted by Crippen LogP contribution is 2.10. The summed E-state index contributed by atoms with van der Waals surface area (Å²) in [5, 5.41) is 3.82. The lowest BCUT2D eigenvalue weighted by Gasteiger charge is -2.08. The van der Waals surface area contributed by atoms with Crippen molar-refractivity contribution in [3.05, 3.63) is 42.0 Å². The van der Waals surface area contributed by atoms with Crippen LogP contribution in [0.2, 0.25) is 0 Å². The van der Waals surface area contributed by atoms with Gasteiger partial charge in [-0.15, -0.1) is 0 Å². The molecule has 0 spiro atoms. The molecule has 16 heavy (non-hydrogen) atoms. The molecular weight excluding hydrogens is 198 g/mol. The second-order valence-electron chi connectivity index (χ2n) is 4.68. The van der Waals surface area contributed by atoms with Crippen molar-refractivity contribution in [1.82, 2.24) is 0 Å². The van der Waals surface area contributed by atoms with Crippen LogP contribution in [-0.2, 0) is 11.4 Å². The van der Waals surface area contributed by atoms with Crippen molar-refractivity contribution in [2.24, 2.45) is 10.6 Å². The van der Waals surface area contributed by atoms with Gasteiger partial charge in [-0.05, 0) is 17.2 Å². The van der Waals surface area contributed by atoms with Crippen LogP contribution in [0, 0.1) is 5.41 Å². The molecule has 0 unspecified atom stereocenters. The van der Waals surface area contributed by atoms with E-state index in [1.54, 1.807) is 0 Å².